The maximum absolute atomic E-state index is 12.3. The molecule has 0 bridgehead atoms. The molecule has 0 fully saturated rings. The van der Waals surface area contributed by atoms with Crippen LogP contribution < -0.4 is 10.9 Å². The van der Waals surface area contributed by atoms with E-state index in [1.165, 1.54) is 10.9 Å². The van der Waals surface area contributed by atoms with Crippen molar-refractivity contribution in [3.8, 4) is 0 Å². The number of fused-ring (bicyclic) bond motifs is 1. The first-order valence-corrected chi connectivity index (χ1v) is 8.98. The lowest BCUT2D eigenvalue weighted by Gasteiger charge is -2.09. The van der Waals surface area contributed by atoms with E-state index >= 15 is 0 Å². The van der Waals surface area contributed by atoms with Gasteiger partial charge in [0.25, 0.3) is 11.5 Å². The number of para-hydroxylation sites is 2. The predicted molar refractivity (Wildman–Crippen MR) is 104 cm³/mol. The van der Waals surface area contributed by atoms with Gasteiger partial charge in [0.15, 0.2) is 6.61 Å². The minimum atomic E-state index is -0.572. The normalized spacial score (nSPS) is 10.6. The SMILES string of the molecule is O=C(COC(=O)CCn1cnc2ccccc2c1=O)Nc1ccccc1Br. The van der Waals surface area contributed by atoms with Gasteiger partial charge in [0.2, 0.25) is 0 Å². The Morgan fingerprint density at radius 2 is 1.85 bits per heavy atom. The molecular formula is C19H16BrN3O4. The molecule has 0 atom stereocenters. The van der Waals surface area contributed by atoms with Gasteiger partial charge >= 0.3 is 5.97 Å². The molecule has 0 spiro atoms. The van der Waals surface area contributed by atoms with E-state index in [1.807, 2.05) is 6.07 Å². The molecule has 0 unspecified atom stereocenters. The fourth-order valence-corrected chi connectivity index (χ4v) is 2.83. The Kier molecular flexibility index (Phi) is 5.97. The summed E-state index contributed by atoms with van der Waals surface area (Å²) < 4.78 is 7.04. The first-order chi connectivity index (χ1) is 13.0. The molecule has 0 saturated carbocycles. The summed E-state index contributed by atoms with van der Waals surface area (Å²) in [5, 5.41) is 3.13. The van der Waals surface area contributed by atoms with Crippen LogP contribution in [0.25, 0.3) is 10.9 Å². The number of hydrogen-bond acceptors (Lipinski definition) is 5. The zero-order valence-electron chi connectivity index (χ0n) is 14.2. The van der Waals surface area contributed by atoms with Crippen LogP contribution in [0.5, 0.6) is 0 Å². The van der Waals surface area contributed by atoms with Crippen molar-refractivity contribution in [1.82, 2.24) is 9.55 Å². The summed E-state index contributed by atoms with van der Waals surface area (Å²) in [7, 11) is 0. The lowest BCUT2D eigenvalue weighted by Crippen LogP contribution is -2.24. The number of nitrogens with zero attached hydrogens (tertiary/aromatic N) is 2. The lowest BCUT2D eigenvalue weighted by atomic mass is 10.2. The summed E-state index contributed by atoms with van der Waals surface area (Å²) in [6.45, 7) is -0.271. The molecule has 1 N–H and O–H groups in total. The van der Waals surface area contributed by atoms with Crippen LogP contribution in [0.3, 0.4) is 0 Å². The fourth-order valence-electron chi connectivity index (χ4n) is 2.44. The molecule has 0 aliphatic carbocycles. The van der Waals surface area contributed by atoms with E-state index in [1.54, 1.807) is 42.5 Å². The number of nitrogens with one attached hydrogen (secondary N) is 1. The Hall–Kier alpha value is -3.00. The fraction of sp³-hybridized carbons (Fsp3) is 0.158. The number of amides is 1. The number of hydrogen-bond donors (Lipinski definition) is 1. The summed E-state index contributed by atoms with van der Waals surface area (Å²) in [5.41, 5.74) is 0.970. The average molecular weight is 430 g/mol. The molecule has 2 aromatic carbocycles. The third-order valence-corrected chi connectivity index (χ3v) is 4.49. The van der Waals surface area contributed by atoms with E-state index in [-0.39, 0.29) is 18.5 Å². The van der Waals surface area contributed by atoms with Crippen LogP contribution in [-0.2, 0) is 20.9 Å². The molecule has 3 rings (SSSR count). The van der Waals surface area contributed by atoms with E-state index in [0.29, 0.717) is 16.6 Å². The van der Waals surface area contributed by atoms with Crippen molar-refractivity contribution in [2.45, 2.75) is 13.0 Å². The molecule has 27 heavy (non-hydrogen) atoms. The van der Waals surface area contributed by atoms with E-state index in [4.69, 9.17) is 4.74 Å². The molecule has 0 aliphatic rings. The quantitative estimate of drug-likeness (QED) is 0.608. The Bertz CT molecular complexity index is 1050. The van der Waals surface area contributed by atoms with Gasteiger partial charge in [-0.15, -0.1) is 0 Å². The highest BCUT2D eigenvalue weighted by Gasteiger charge is 2.10. The van der Waals surface area contributed by atoms with Gasteiger partial charge in [-0.25, -0.2) is 4.98 Å². The lowest BCUT2D eigenvalue weighted by molar-refractivity contribution is -0.147. The Labute approximate surface area is 163 Å². The van der Waals surface area contributed by atoms with Crippen molar-refractivity contribution in [1.29, 1.82) is 0 Å². The number of halogens is 1. The van der Waals surface area contributed by atoms with E-state index < -0.39 is 18.5 Å². The first kappa shape index (κ1) is 18.8. The second kappa shape index (κ2) is 8.59. The molecule has 0 saturated heterocycles. The van der Waals surface area contributed by atoms with Gasteiger partial charge in [-0.3, -0.25) is 19.0 Å². The van der Waals surface area contributed by atoms with Crippen molar-refractivity contribution < 1.29 is 14.3 Å². The van der Waals surface area contributed by atoms with Crippen LogP contribution in [-0.4, -0.2) is 28.0 Å². The summed E-state index contributed by atoms with van der Waals surface area (Å²) in [5.74, 6) is -1.02. The van der Waals surface area contributed by atoms with Gasteiger partial charge in [0.1, 0.15) is 0 Å². The van der Waals surface area contributed by atoms with Crippen LogP contribution in [0.2, 0.25) is 0 Å². The number of ether oxygens (including phenoxy) is 1. The largest absolute Gasteiger partial charge is 0.456 e. The zero-order chi connectivity index (χ0) is 19.2. The standard InChI is InChI=1S/C19H16BrN3O4/c20-14-6-2-4-8-16(14)22-17(24)11-27-18(25)9-10-23-12-21-15-7-3-1-5-13(15)19(23)26/h1-8,12H,9-11H2,(H,22,24). The van der Waals surface area contributed by atoms with Crippen LogP contribution >= 0.6 is 15.9 Å². The van der Waals surface area contributed by atoms with Crippen molar-refractivity contribution in [2.24, 2.45) is 0 Å². The van der Waals surface area contributed by atoms with Crippen LogP contribution in [0.15, 0.2) is 64.1 Å². The van der Waals surface area contributed by atoms with Gasteiger partial charge < -0.3 is 10.1 Å². The van der Waals surface area contributed by atoms with Gasteiger partial charge in [0.05, 0.1) is 29.3 Å². The summed E-state index contributed by atoms with van der Waals surface area (Å²) in [6, 6.07) is 14.1. The highest BCUT2D eigenvalue weighted by molar-refractivity contribution is 9.10. The topological polar surface area (TPSA) is 90.3 Å². The van der Waals surface area contributed by atoms with Gasteiger partial charge in [-0.2, -0.15) is 0 Å². The molecule has 1 amide bonds. The summed E-state index contributed by atoms with van der Waals surface area (Å²) >= 11 is 3.32. The molecule has 7 nitrogen and oxygen atoms in total. The number of anilines is 1. The molecular weight excluding hydrogens is 414 g/mol. The highest BCUT2D eigenvalue weighted by Crippen LogP contribution is 2.20. The number of benzene rings is 2. The summed E-state index contributed by atoms with van der Waals surface area (Å²) in [4.78, 5) is 40.3. The molecule has 1 heterocycles. The van der Waals surface area contributed by atoms with Crippen LogP contribution in [0.4, 0.5) is 5.69 Å². The smallest absolute Gasteiger partial charge is 0.308 e. The predicted octanol–water partition coefficient (Wildman–Crippen LogP) is 2.73. The third-order valence-electron chi connectivity index (χ3n) is 3.80. The minimum absolute atomic E-state index is 0.0394. The van der Waals surface area contributed by atoms with Crippen molar-refractivity contribution >= 4 is 44.4 Å². The number of aryl methyl sites for hydroxylation is 1. The number of rotatable bonds is 6. The Morgan fingerprint density at radius 1 is 1.11 bits per heavy atom. The molecule has 138 valence electrons. The van der Waals surface area contributed by atoms with Crippen molar-refractivity contribution in [3.05, 3.63) is 69.7 Å². The number of esters is 1. The molecule has 0 radical (unpaired) electrons. The van der Waals surface area contributed by atoms with Gasteiger partial charge in [-0.1, -0.05) is 24.3 Å². The van der Waals surface area contributed by atoms with Crippen molar-refractivity contribution in [2.75, 3.05) is 11.9 Å². The number of carbonyl (C=O) groups is 2. The zero-order valence-corrected chi connectivity index (χ0v) is 15.8. The second-order valence-electron chi connectivity index (χ2n) is 5.70. The maximum atomic E-state index is 12.3. The first-order valence-electron chi connectivity index (χ1n) is 8.19. The number of carbonyl (C=O) groups excluding carboxylic acids is 2. The van der Waals surface area contributed by atoms with Crippen molar-refractivity contribution in [3.63, 3.8) is 0 Å². The molecule has 3 aromatic rings. The molecule has 1 aromatic heterocycles. The van der Waals surface area contributed by atoms with Gasteiger partial charge in [0, 0.05) is 11.0 Å². The Balaban J connectivity index is 1.51. The van der Waals surface area contributed by atoms with Crippen LogP contribution in [0, 0.1) is 0 Å². The Morgan fingerprint density at radius 3 is 2.67 bits per heavy atom. The minimum Gasteiger partial charge on any atom is -0.456 e. The van der Waals surface area contributed by atoms with Crippen LogP contribution in [0.1, 0.15) is 6.42 Å². The molecule has 8 heteroatoms. The number of aromatic nitrogens is 2. The monoisotopic (exact) mass is 429 g/mol. The highest BCUT2D eigenvalue weighted by atomic mass is 79.9. The summed E-state index contributed by atoms with van der Waals surface area (Å²) in [6.07, 6.45) is 1.36. The average Bonchev–Trinajstić information content (AvgIpc) is 2.68. The molecule has 0 aliphatic heterocycles. The van der Waals surface area contributed by atoms with E-state index in [2.05, 4.69) is 26.2 Å². The maximum Gasteiger partial charge on any atom is 0.308 e. The van der Waals surface area contributed by atoms with Gasteiger partial charge in [-0.05, 0) is 40.2 Å². The van der Waals surface area contributed by atoms with E-state index in [9.17, 15) is 14.4 Å². The van der Waals surface area contributed by atoms with E-state index in [0.717, 1.165) is 4.47 Å². The third kappa shape index (κ3) is 4.79. The second-order valence-corrected chi connectivity index (χ2v) is 6.55.